The first kappa shape index (κ1) is 12.5. The third kappa shape index (κ3) is 3.04. The van der Waals surface area contributed by atoms with E-state index in [4.69, 9.17) is 0 Å². The molecule has 0 saturated carbocycles. The van der Waals surface area contributed by atoms with Crippen molar-refractivity contribution in [1.29, 1.82) is 0 Å². The van der Waals surface area contributed by atoms with E-state index in [0.717, 1.165) is 15.7 Å². The molecule has 92 valence electrons. The van der Waals surface area contributed by atoms with Gasteiger partial charge in [-0.2, -0.15) is 0 Å². The van der Waals surface area contributed by atoms with Gasteiger partial charge in [-0.25, -0.2) is 0 Å². The molecule has 0 atom stereocenters. The molecule has 1 aromatic heterocycles. The van der Waals surface area contributed by atoms with Gasteiger partial charge in [0.05, 0.1) is 5.69 Å². The number of halogens is 1. The highest BCUT2D eigenvalue weighted by atomic mass is 79.9. The van der Waals surface area contributed by atoms with Crippen molar-refractivity contribution in [3.05, 3.63) is 62.7 Å². The van der Waals surface area contributed by atoms with Crippen molar-refractivity contribution < 1.29 is 4.92 Å². The zero-order valence-corrected chi connectivity index (χ0v) is 10.9. The van der Waals surface area contributed by atoms with Gasteiger partial charge in [-0.1, -0.05) is 34.1 Å². The van der Waals surface area contributed by atoms with Crippen LogP contribution in [-0.2, 0) is 6.54 Å². The molecule has 2 rings (SSSR count). The van der Waals surface area contributed by atoms with Gasteiger partial charge in [0.1, 0.15) is 0 Å². The Morgan fingerprint density at radius 3 is 2.67 bits per heavy atom. The molecule has 0 aliphatic rings. The Morgan fingerprint density at radius 1 is 1.28 bits per heavy atom. The van der Waals surface area contributed by atoms with Gasteiger partial charge >= 0.3 is 5.82 Å². The zero-order chi connectivity index (χ0) is 13.0. The minimum Gasteiger partial charge on any atom is -0.378 e. The number of rotatable bonds is 4. The first-order valence-electron chi connectivity index (χ1n) is 5.24. The molecular formula is C12H10BrN3O2. The Bertz CT molecular complexity index is 558. The zero-order valence-electron chi connectivity index (χ0n) is 9.34. The van der Waals surface area contributed by atoms with Crippen LogP contribution in [0.2, 0.25) is 0 Å². The molecule has 0 amide bonds. The van der Waals surface area contributed by atoms with E-state index in [9.17, 15) is 10.1 Å². The predicted octanol–water partition coefficient (Wildman–Crippen LogP) is 3.36. The minimum atomic E-state index is -0.516. The first-order valence-corrected chi connectivity index (χ1v) is 6.04. The average Bonchev–Trinajstić information content (AvgIpc) is 2.38. The SMILES string of the molecule is O=[N+]([O-])c1ccc(NCc2ccccc2Br)cn1. The van der Waals surface area contributed by atoms with Crippen LogP contribution in [-0.4, -0.2) is 9.91 Å². The molecule has 0 spiro atoms. The monoisotopic (exact) mass is 307 g/mol. The standard InChI is InChI=1S/C12H10BrN3O2/c13-11-4-2-1-3-9(11)7-14-10-5-6-12(15-8-10)16(17)18/h1-6,8,14H,7H2. The van der Waals surface area contributed by atoms with Crippen LogP contribution in [0.3, 0.4) is 0 Å². The quantitative estimate of drug-likeness (QED) is 0.694. The number of benzene rings is 1. The van der Waals surface area contributed by atoms with E-state index in [1.807, 2.05) is 24.3 Å². The molecule has 1 heterocycles. The van der Waals surface area contributed by atoms with Crippen LogP contribution in [0.25, 0.3) is 0 Å². The maximum Gasteiger partial charge on any atom is 0.363 e. The fourth-order valence-electron chi connectivity index (χ4n) is 1.44. The van der Waals surface area contributed by atoms with Crippen LogP contribution in [0.1, 0.15) is 5.56 Å². The maximum absolute atomic E-state index is 10.5. The third-order valence-electron chi connectivity index (χ3n) is 2.38. The van der Waals surface area contributed by atoms with Gasteiger partial charge in [-0.15, -0.1) is 0 Å². The summed E-state index contributed by atoms with van der Waals surface area (Å²) in [6.45, 7) is 0.626. The normalized spacial score (nSPS) is 10.1. The second-order valence-electron chi connectivity index (χ2n) is 3.61. The van der Waals surface area contributed by atoms with Gasteiger partial charge < -0.3 is 15.4 Å². The summed E-state index contributed by atoms with van der Waals surface area (Å²) in [5.41, 5.74) is 1.85. The molecule has 0 aliphatic carbocycles. The number of nitrogens with one attached hydrogen (secondary N) is 1. The van der Waals surface area contributed by atoms with Gasteiger partial charge in [0.2, 0.25) is 0 Å². The second kappa shape index (κ2) is 5.59. The number of hydrogen-bond acceptors (Lipinski definition) is 4. The Balaban J connectivity index is 2.02. The first-order chi connectivity index (χ1) is 8.66. The third-order valence-corrected chi connectivity index (χ3v) is 3.15. The van der Waals surface area contributed by atoms with Crippen LogP contribution >= 0.6 is 15.9 Å². The molecule has 18 heavy (non-hydrogen) atoms. The fraction of sp³-hybridized carbons (Fsp3) is 0.0833. The molecule has 2 aromatic rings. The highest BCUT2D eigenvalue weighted by Gasteiger charge is 2.06. The summed E-state index contributed by atoms with van der Waals surface area (Å²) in [6, 6.07) is 10.9. The van der Waals surface area contributed by atoms with Crippen molar-refractivity contribution in [2.75, 3.05) is 5.32 Å². The van der Waals surface area contributed by atoms with Gasteiger partial charge in [0, 0.05) is 17.1 Å². The highest BCUT2D eigenvalue weighted by Crippen LogP contribution is 2.18. The summed E-state index contributed by atoms with van der Waals surface area (Å²) in [5, 5.41) is 13.6. The highest BCUT2D eigenvalue weighted by molar-refractivity contribution is 9.10. The van der Waals surface area contributed by atoms with Gasteiger partial charge in [-0.05, 0) is 27.6 Å². The predicted molar refractivity (Wildman–Crippen MR) is 72.4 cm³/mol. The van der Waals surface area contributed by atoms with E-state index in [-0.39, 0.29) is 5.82 Å². The van der Waals surface area contributed by atoms with Gasteiger partial charge in [-0.3, -0.25) is 0 Å². The Morgan fingerprint density at radius 2 is 2.06 bits per heavy atom. The van der Waals surface area contributed by atoms with Crippen LogP contribution in [0.15, 0.2) is 47.1 Å². The molecule has 5 nitrogen and oxygen atoms in total. The molecule has 1 N–H and O–H groups in total. The summed E-state index contributed by atoms with van der Waals surface area (Å²) in [7, 11) is 0. The summed E-state index contributed by atoms with van der Waals surface area (Å²) in [5.74, 6) is -0.151. The van der Waals surface area contributed by atoms with Crippen LogP contribution in [0, 0.1) is 10.1 Å². The van der Waals surface area contributed by atoms with E-state index in [1.54, 1.807) is 6.07 Å². The lowest BCUT2D eigenvalue weighted by Gasteiger charge is -2.06. The van der Waals surface area contributed by atoms with Crippen LogP contribution < -0.4 is 5.32 Å². The average molecular weight is 308 g/mol. The summed E-state index contributed by atoms with van der Waals surface area (Å²) in [4.78, 5) is 13.7. The number of nitrogens with zero attached hydrogens (tertiary/aromatic N) is 2. The molecule has 0 saturated heterocycles. The molecule has 0 unspecified atom stereocenters. The van der Waals surface area contributed by atoms with Crippen LogP contribution in [0.4, 0.5) is 11.5 Å². The lowest BCUT2D eigenvalue weighted by Crippen LogP contribution is -2.01. The van der Waals surface area contributed by atoms with E-state index in [2.05, 4.69) is 26.2 Å². The smallest absolute Gasteiger partial charge is 0.363 e. The van der Waals surface area contributed by atoms with Crippen LogP contribution in [0.5, 0.6) is 0 Å². The van der Waals surface area contributed by atoms with E-state index >= 15 is 0 Å². The van der Waals surface area contributed by atoms with E-state index in [0.29, 0.717) is 6.54 Å². The fourth-order valence-corrected chi connectivity index (χ4v) is 1.86. The van der Waals surface area contributed by atoms with E-state index in [1.165, 1.54) is 12.3 Å². The molecule has 1 aromatic carbocycles. The summed E-state index contributed by atoms with van der Waals surface area (Å²) >= 11 is 3.46. The molecular weight excluding hydrogens is 298 g/mol. The maximum atomic E-state index is 10.5. The van der Waals surface area contributed by atoms with Crippen molar-refractivity contribution in [3.63, 3.8) is 0 Å². The van der Waals surface area contributed by atoms with Crippen molar-refractivity contribution >= 4 is 27.4 Å². The second-order valence-corrected chi connectivity index (χ2v) is 4.46. The lowest BCUT2D eigenvalue weighted by atomic mass is 10.2. The lowest BCUT2D eigenvalue weighted by molar-refractivity contribution is -0.389. The Hall–Kier alpha value is -1.95. The molecule has 0 aliphatic heterocycles. The van der Waals surface area contributed by atoms with Gasteiger partial charge in [0.15, 0.2) is 6.20 Å². The van der Waals surface area contributed by atoms with Crippen molar-refractivity contribution in [3.8, 4) is 0 Å². The topological polar surface area (TPSA) is 68.1 Å². The number of pyridine rings is 1. The van der Waals surface area contributed by atoms with Gasteiger partial charge in [0.25, 0.3) is 0 Å². The summed E-state index contributed by atoms with van der Waals surface area (Å²) < 4.78 is 1.02. The van der Waals surface area contributed by atoms with Crippen molar-refractivity contribution in [2.45, 2.75) is 6.54 Å². The number of aromatic nitrogens is 1. The molecule has 0 bridgehead atoms. The van der Waals surface area contributed by atoms with Crippen molar-refractivity contribution in [2.24, 2.45) is 0 Å². The largest absolute Gasteiger partial charge is 0.378 e. The van der Waals surface area contributed by atoms with Crippen molar-refractivity contribution in [1.82, 2.24) is 4.98 Å². The number of anilines is 1. The Kier molecular flexibility index (Phi) is 3.88. The number of hydrogen-bond donors (Lipinski definition) is 1. The molecule has 6 heteroatoms. The van der Waals surface area contributed by atoms with E-state index < -0.39 is 4.92 Å². The number of nitro groups is 1. The summed E-state index contributed by atoms with van der Waals surface area (Å²) in [6.07, 6.45) is 1.45. The molecule has 0 fully saturated rings. The minimum absolute atomic E-state index is 0.151. The Labute approximate surface area is 112 Å². The molecule has 0 radical (unpaired) electrons.